The van der Waals surface area contributed by atoms with Gasteiger partial charge in [-0.2, -0.15) is 5.26 Å². The van der Waals surface area contributed by atoms with Crippen LogP contribution in [0.4, 0.5) is 14.6 Å². The summed E-state index contributed by atoms with van der Waals surface area (Å²) in [6.07, 6.45) is 5.32. The van der Waals surface area contributed by atoms with E-state index in [1.54, 1.807) is 18.3 Å². The van der Waals surface area contributed by atoms with Crippen molar-refractivity contribution in [3.63, 3.8) is 0 Å². The fourth-order valence-electron chi connectivity index (χ4n) is 5.64. The first kappa shape index (κ1) is 20.5. The van der Waals surface area contributed by atoms with E-state index in [0.29, 0.717) is 24.2 Å². The molecule has 5 nitrogen and oxygen atoms in total. The van der Waals surface area contributed by atoms with Gasteiger partial charge in [0, 0.05) is 17.8 Å². The second-order valence-corrected chi connectivity index (χ2v) is 9.08. The van der Waals surface area contributed by atoms with Crippen molar-refractivity contribution in [2.24, 2.45) is 11.8 Å². The average Bonchev–Trinajstić information content (AvgIpc) is 3.28. The number of benzene rings is 1. The fourth-order valence-corrected chi connectivity index (χ4v) is 5.64. The molecule has 2 heterocycles. The number of carbonyl (C=O) groups is 1. The van der Waals surface area contributed by atoms with Crippen LogP contribution in [0.15, 0.2) is 48.8 Å². The van der Waals surface area contributed by atoms with Crippen molar-refractivity contribution in [2.45, 2.75) is 43.7 Å². The molecule has 162 valence electrons. The Morgan fingerprint density at radius 3 is 2.62 bits per heavy atom. The summed E-state index contributed by atoms with van der Waals surface area (Å²) in [5.74, 6) is 0.295. The lowest BCUT2D eigenvalue weighted by Crippen LogP contribution is -2.28. The van der Waals surface area contributed by atoms with Crippen molar-refractivity contribution >= 4 is 22.6 Å². The van der Waals surface area contributed by atoms with E-state index in [2.05, 4.69) is 15.3 Å². The maximum atomic E-state index is 15.6. The highest BCUT2D eigenvalue weighted by Crippen LogP contribution is 2.56. The first-order chi connectivity index (χ1) is 15.4. The number of aromatic nitrogens is 2. The Balaban J connectivity index is 1.24. The number of amides is 1. The minimum absolute atomic E-state index is 0.199. The van der Waals surface area contributed by atoms with Gasteiger partial charge in [0.1, 0.15) is 23.4 Å². The zero-order valence-corrected chi connectivity index (χ0v) is 17.4. The molecule has 2 saturated carbocycles. The minimum atomic E-state index is -1.52. The van der Waals surface area contributed by atoms with Gasteiger partial charge in [0.25, 0.3) is 0 Å². The molecule has 0 aliphatic heterocycles. The van der Waals surface area contributed by atoms with Crippen LogP contribution in [0.25, 0.3) is 10.9 Å². The molecule has 2 fully saturated rings. The van der Waals surface area contributed by atoms with Crippen molar-refractivity contribution < 1.29 is 13.6 Å². The van der Waals surface area contributed by atoms with E-state index in [-0.39, 0.29) is 30.0 Å². The molecule has 5 rings (SSSR count). The van der Waals surface area contributed by atoms with Gasteiger partial charge in [-0.3, -0.25) is 9.78 Å². The van der Waals surface area contributed by atoms with Gasteiger partial charge in [-0.1, -0.05) is 0 Å². The van der Waals surface area contributed by atoms with Crippen LogP contribution in [0.3, 0.4) is 0 Å². The summed E-state index contributed by atoms with van der Waals surface area (Å²) < 4.78 is 29.4. The summed E-state index contributed by atoms with van der Waals surface area (Å²) in [4.78, 5) is 20.8. The van der Waals surface area contributed by atoms with Gasteiger partial charge >= 0.3 is 0 Å². The van der Waals surface area contributed by atoms with Gasteiger partial charge in [0.15, 0.2) is 0 Å². The van der Waals surface area contributed by atoms with Crippen LogP contribution in [0.5, 0.6) is 0 Å². The third-order valence-electron chi connectivity index (χ3n) is 6.91. The summed E-state index contributed by atoms with van der Waals surface area (Å²) in [5.41, 5.74) is 0.725. The molecule has 2 atom stereocenters. The summed E-state index contributed by atoms with van der Waals surface area (Å²) in [7, 11) is 0. The van der Waals surface area contributed by atoms with Gasteiger partial charge in [0.05, 0.1) is 17.5 Å². The quantitative estimate of drug-likeness (QED) is 0.608. The zero-order chi connectivity index (χ0) is 22.3. The molecule has 2 aromatic heterocycles. The van der Waals surface area contributed by atoms with Crippen LogP contribution in [0, 0.1) is 29.0 Å². The van der Waals surface area contributed by atoms with E-state index in [0.717, 1.165) is 29.3 Å². The van der Waals surface area contributed by atoms with E-state index in [4.69, 9.17) is 5.26 Å². The maximum absolute atomic E-state index is 15.6. The van der Waals surface area contributed by atoms with Crippen molar-refractivity contribution in [1.82, 2.24) is 9.97 Å². The van der Waals surface area contributed by atoms with Crippen LogP contribution in [0.2, 0.25) is 0 Å². The van der Waals surface area contributed by atoms with Gasteiger partial charge in [-0.15, -0.1) is 0 Å². The Morgan fingerprint density at radius 2 is 1.94 bits per heavy atom. The number of hydrogen-bond acceptors (Lipinski definition) is 4. The number of nitrogens with one attached hydrogen (secondary N) is 1. The molecule has 7 heteroatoms. The van der Waals surface area contributed by atoms with E-state index in [1.165, 1.54) is 24.4 Å². The van der Waals surface area contributed by atoms with Crippen LogP contribution < -0.4 is 5.32 Å². The molecule has 0 spiro atoms. The maximum Gasteiger partial charge on any atom is 0.228 e. The lowest BCUT2D eigenvalue weighted by atomic mass is 9.88. The molecule has 1 amide bonds. The molecule has 2 aliphatic carbocycles. The fraction of sp³-hybridized carbons (Fsp3) is 0.360. The van der Waals surface area contributed by atoms with Crippen LogP contribution >= 0.6 is 0 Å². The van der Waals surface area contributed by atoms with Gasteiger partial charge in [-0.05, 0) is 85.4 Å². The smallest absolute Gasteiger partial charge is 0.228 e. The molecule has 0 saturated heterocycles. The monoisotopic (exact) mass is 432 g/mol. The van der Waals surface area contributed by atoms with Crippen molar-refractivity contribution in [3.8, 4) is 6.07 Å². The molecule has 1 aromatic carbocycles. The number of fused-ring (bicyclic) bond motifs is 2. The Hall–Kier alpha value is -3.40. The van der Waals surface area contributed by atoms with Gasteiger partial charge < -0.3 is 5.32 Å². The second kappa shape index (κ2) is 7.94. The number of pyridine rings is 2. The second-order valence-electron chi connectivity index (χ2n) is 9.08. The molecular weight excluding hydrogens is 410 g/mol. The number of rotatable bonds is 4. The molecule has 2 aliphatic rings. The molecule has 3 aromatic rings. The predicted octanol–water partition coefficient (Wildman–Crippen LogP) is 5.28. The number of anilines is 1. The minimum Gasteiger partial charge on any atom is -0.311 e. The molecule has 0 radical (unpaired) electrons. The molecule has 0 bridgehead atoms. The van der Waals surface area contributed by atoms with Crippen LogP contribution in [-0.2, 0) is 4.79 Å². The number of nitriles is 1. The predicted molar refractivity (Wildman–Crippen MR) is 116 cm³/mol. The highest BCUT2D eigenvalue weighted by atomic mass is 19.1. The Morgan fingerprint density at radius 1 is 1.16 bits per heavy atom. The molecule has 32 heavy (non-hydrogen) atoms. The third-order valence-corrected chi connectivity index (χ3v) is 6.91. The molecule has 1 N–H and O–H groups in total. The van der Waals surface area contributed by atoms with Crippen molar-refractivity contribution in [3.05, 3.63) is 65.7 Å². The van der Waals surface area contributed by atoms with Gasteiger partial charge in [0.2, 0.25) is 5.91 Å². The third kappa shape index (κ3) is 3.93. The van der Waals surface area contributed by atoms with Gasteiger partial charge in [-0.25, -0.2) is 13.8 Å². The molecular formula is C25H22F2N4O. The van der Waals surface area contributed by atoms with E-state index >= 15 is 4.39 Å². The largest absolute Gasteiger partial charge is 0.311 e. The van der Waals surface area contributed by atoms with E-state index < -0.39 is 11.6 Å². The number of halogens is 2. The Bertz CT molecular complexity index is 1210. The highest BCUT2D eigenvalue weighted by Gasteiger charge is 2.51. The van der Waals surface area contributed by atoms with Crippen LogP contribution in [-0.4, -0.2) is 21.5 Å². The Kier molecular flexibility index (Phi) is 5.09. The number of alkyl halides is 1. The summed E-state index contributed by atoms with van der Waals surface area (Å²) >= 11 is 0. The topological polar surface area (TPSA) is 78.7 Å². The number of hydrogen-bond donors (Lipinski definition) is 1. The lowest BCUT2D eigenvalue weighted by Gasteiger charge is -2.22. The first-order valence-electron chi connectivity index (χ1n) is 10.8. The molecule has 2 unspecified atom stereocenters. The number of carbonyl (C=O) groups excluding carboxylic acids is 1. The number of nitrogens with zero attached hydrogens (tertiary/aromatic N) is 3. The van der Waals surface area contributed by atoms with E-state index in [1.807, 2.05) is 12.1 Å². The van der Waals surface area contributed by atoms with E-state index in [9.17, 15) is 9.18 Å². The first-order valence-corrected chi connectivity index (χ1v) is 10.8. The summed E-state index contributed by atoms with van der Waals surface area (Å²) in [6, 6.07) is 11.7. The highest BCUT2D eigenvalue weighted by molar-refractivity contribution is 5.90. The normalized spacial score (nSPS) is 26.6. The zero-order valence-electron chi connectivity index (χ0n) is 17.4. The standard InChI is InChI=1S/C25H22F2N4O/c26-19-2-3-22-21(9-19)20(5-6-29-22)16-7-17-10-25(27,11-18(17)8-16)12-24(32)31-23-4-1-15(13-28)14-30-23/h1-6,9,14,16-18H,7-8,10-12H2,(H,30,31,32). The SMILES string of the molecule is N#Cc1ccc(NC(=O)CC2(F)CC3CC(c4ccnc5ccc(F)cc45)CC3C2)nc1. The average molecular weight is 432 g/mol. The van der Waals surface area contributed by atoms with Crippen LogP contribution in [0.1, 0.15) is 49.1 Å². The van der Waals surface area contributed by atoms with Crippen molar-refractivity contribution in [1.29, 1.82) is 5.26 Å². The summed E-state index contributed by atoms with van der Waals surface area (Å²) in [5, 5.41) is 12.3. The summed E-state index contributed by atoms with van der Waals surface area (Å²) in [6.45, 7) is 0. The Labute approximate surface area is 184 Å². The van der Waals surface area contributed by atoms with Crippen molar-refractivity contribution in [2.75, 3.05) is 5.32 Å². The lowest BCUT2D eigenvalue weighted by molar-refractivity contribution is -0.118.